The van der Waals surface area contributed by atoms with Gasteiger partial charge in [-0.2, -0.15) is 0 Å². The van der Waals surface area contributed by atoms with Crippen molar-refractivity contribution in [3.8, 4) is 0 Å². The van der Waals surface area contributed by atoms with Gasteiger partial charge in [-0.15, -0.1) is 0 Å². The molecule has 0 radical (unpaired) electrons. The van der Waals surface area contributed by atoms with E-state index >= 15 is 0 Å². The highest BCUT2D eigenvalue weighted by molar-refractivity contribution is 5.22. The van der Waals surface area contributed by atoms with E-state index in [0.29, 0.717) is 0 Å². The Morgan fingerprint density at radius 1 is 0.824 bits per heavy atom. The third kappa shape index (κ3) is 3.72. The molecule has 2 aromatic carbocycles. The SMILES string of the molecule is Cc1cccc(CN(C)Cc2ccccc2)c1. The molecule has 0 heterocycles. The molecule has 88 valence electrons. The molecule has 1 heteroatoms. The maximum Gasteiger partial charge on any atom is 0.0234 e. The van der Waals surface area contributed by atoms with E-state index in [-0.39, 0.29) is 0 Å². The average molecular weight is 225 g/mol. The summed E-state index contributed by atoms with van der Waals surface area (Å²) >= 11 is 0. The van der Waals surface area contributed by atoms with Gasteiger partial charge in [0.15, 0.2) is 0 Å². The van der Waals surface area contributed by atoms with Crippen LogP contribution in [0.2, 0.25) is 0 Å². The fraction of sp³-hybridized carbons (Fsp3) is 0.250. The third-order valence-electron chi connectivity index (χ3n) is 2.83. The van der Waals surface area contributed by atoms with E-state index in [1.807, 2.05) is 0 Å². The normalized spacial score (nSPS) is 10.8. The Hall–Kier alpha value is -1.60. The van der Waals surface area contributed by atoms with Crippen molar-refractivity contribution in [2.45, 2.75) is 20.0 Å². The lowest BCUT2D eigenvalue weighted by Crippen LogP contribution is -2.17. The fourth-order valence-electron chi connectivity index (χ4n) is 2.07. The maximum absolute atomic E-state index is 2.34. The van der Waals surface area contributed by atoms with Crippen LogP contribution in [-0.4, -0.2) is 11.9 Å². The van der Waals surface area contributed by atoms with Gasteiger partial charge < -0.3 is 0 Å². The zero-order valence-electron chi connectivity index (χ0n) is 10.6. The van der Waals surface area contributed by atoms with E-state index in [4.69, 9.17) is 0 Å². The lowest BCUT2D eigenvalue weighted by Gasteiger charge is -2.17. The van der Waals surface area contributed by atoms with Gasteiger partial charge in [0.1, 0.15) is 0 Å². The number of aryl methyl sites for hydroxylation is 1. The summed E-state index contributed by atoms with van der Waals surface area (Å²) in [6.45, 7) is 4.13. The standard InChI is InChI=1S/C16H19N/c1-14-7-6-10-16(11-14)13-17(2)12-15-8-4-3-5-9-15/h3-11H,12-13H2,1-2H3. The Kier molecular flexibility index (Phi) is 3.94. The van der Waals surface area contributed by atoms with Gasteiger partial charge in [0, 0.05) is 13.1 Å². The smallest absolute Gasteiger partial charge is 0.0234 e. The lowest BCUT2D eigenvalue weighted by atomic mass is 10.1. The summed E-state index contributed by atoms with van der Waals surface area (Å²) in [6, 6.07) is 19.3. The molecule has 0 saturated heterocycles. The van der Waals surface area contributed by atoms with Gasteiger partial charge in [-0.3, -0.25) is 4.90 Å². The van der Waals surface area contributed by atoms with Gasteiger partial charge in [0.25, 0.3) is 0 Å². The Morgan fingerprint density at radius 2 is 1.47 bits per heavy atom. The molecule has 0 N–H and O–H groups in total. The number of rotatable bonds is 4. The Labute approximate surface area is 104 Å². The number of hydrogen-bond acceptors (Lipinski definition) is 1. The van der Waals surface area contributed by atoms with E-state index in [1.54, 1.807) is 0 Å². The molecule has 0 bridgehead atoms. The lowest BCUT2D eigenvalue weighted by molar-refractivity contribution is 0.319. The number of benzene rings is 2. The van der Waals surface area contributed by atoms with Crippen molar-refractivity contribution in [1.82, 2.24) is 4.90 Å². The summed E-state index contributed by atoms with van der Waals surface area (Å²) in [5.74, 6) is 0. The predicted molar refractivity (Wildman–Crippen MR) is 72.8 cm³/mol. The molecular weight excluding hydrogens is 206 g/mol. The van der Waals surface area contributed by atoms with Crippen molar-refractivity contribution < 1.29 is 0 Å². The summed E-state index contributed by atoms with van der Waals surface area (Å²) in [7, 11) is 2.16. The molecule has 0 saturated carbocycles. The van der Waals surface area contributed by atoms with Crippen LogP contribution in [0.25, 0.3) is 0 Å². The Morgan fingerprint density at radius 3 is 2.18 bits per heavy atom. The summed E-state index contributed by atoms with van der Waals surface area (Å²) in [4.78, 5) is 2.34. The Balaban J connectivity index is 1.96. The van der Waals surface area contributed by atoms with E-state index in [2.05, 4.69) is 73.5 Å². The Bertz CT molecular complexity index is 462. The van der Waals surface area contributed by atoms with Crippen LogP contribution < -0.4 is 0 Å². The molecule has 0 aliphatic carbocycles. The first-order chi connectivity index (χ1) is 8.24. The van der Waals surface area contributed by atoms with Crippen molar-refractivity contribution in [2.24, 2.45) is 0 Å². The van der Waals surface area contributed by atoms with E-state index in [1.165, 1.54) is 16.7 Å². The predicted octanol–water partition coefficient (Wildman–Crippen LogP) is 3.63. The fourth-order valence-corrected chi connectivity index (χ4v) is 2.07. The molecule has 0 amide bonds. The topological polar surface area (TPSA) is 3.24 Å². The second kappa shape index (κ2) is 5.65. The summed E-state index contributed by atoms with van der Waals surface area (Å²) < 4.78 is 0. The van der Waals surface area contributed by atoms with E-state index < -0.39 is 0 Å². The van der Waals surface area contributed by atoms with Crippen LogP contribution in [0.3, 0.4) is 0 Å². The second-order valence-electron chi connectivity index (χ2n) is 4.65. The van der Waals surface area contributed by atoms with Crippen LogP contribution in [0.15, 0.2) is 54.6 Å². The van der Waals surface area contributed by atoms with Gasteiger partial charge in [0.05, 0.1) is 0 Å². The molecule has 0 fully saturated rings. The minimum Gasteiger partial charge on any atom is -0.298 e. The summed E-state index contributed by atoms with van der Waals surface area (Å²) in [6.07, 6.45) is 0. The van der Waals surface area contributed by atoms with Crippen molar-refractivity contribution in [1.29, 1.82) is 0 Å². The van der Waals surface area contributed by atoms with E-state index in [9.17, 15) is 0 Å². The maximum atomic E-state index is 2.34. The van der Waals surface area contributed by atoms with Crippen LogP contribution in [0.1, 0.15) is 16.7 Å². The molecule has 0 aliphatic heterocycles. The van der Waals surface area contributed by atoms with E-state index in [0.717, 1.165) is 13.1 Å². The first kappa shape index (κ1) is 11.9. The monoisotopic (exact) mass is 225 g/mol. The number of nitrogens with zero attached hydrogens (tertiary/aromatic N) is 1. The van der Waals surface area contributed by atoms with Crippen LogP contribution in [0.4, 0.5) is 0 Å². The highest BCUT2D eigenvalue weighted by atomic mass is 15.1. The largest absolute Gasteiger partial charge is 0.298 e. The highest BCUT2D eigenvalue weighted by Gasteiger charge is 2.01. The quantitative estimate of drug-likeness (QED) is 0.768. The molecule has 0 spiro atoms. The first-order valence-corrected chi connectivity index (χ1v) is 6.02. The second-order valence-corrected chi connectivity index (χ2v) is 4.65. The molecule has 0 aromatic heterocycles. The minimum absolute atomic E-state index is 0.995. The van der Waals surface area contributed by atoms with Crippen LogP contribution in [0.5, 0.6) is 0 Å². The summed E-state index contributed by atoms with van der Waals surface area (Å²) in [5.41, 5.74) is 4.07. The van der Waals surface area contributed by atoms with Gasteiger partial charge in [-0.1, -0.05) is 60.2 Å². The summed E-state index contributed by atoms with van der Waals surface area (Å²) in [5, 5.41) is 0. The average Bonchev–Trinajstić information content (AvgIpc) is 2.30. The van der Waals surface area contributed by atoms with Crippen molar-refractivity contribution in [2.75, 3.05) is 7.05 Å². The van der Waals surface area contributed by atoms with Gasteiger partial charge in [-0.05, 0) is 25.1 Å². The molecule has 0 unspecified atom stereocenters. The molecular formula is C16H19N. The molecule has 17 heavy (non-hydrogen) atoms. The molecule has 0 aliphatic rings. The molecule has 1 nitrogen and oxygen atoms in total. The van der Waals surface area contributed by atoms with Crippen LogP contribution in [0, 0.1) is 6.92 Å². The van der Waals surface area contributed by atoms with Crippen molar-refractivity contribution in [3.63, 3.8) is 0 Å². The highest BCUT2D eigenvalue weighted by Crippen LogP contribution is 2.09. The van der Waals surface area contributed by atoms with Gasteiger partial charge in [-0.25, -0.2) is 0 Å². The first-order valence-electron chi connectivity index (χ1n) is 6.02. The van der Waals surface area contributed by atoms with Crippen LogP contribution >= 0.6 is 0 Å². The number of hydrogen-bond donors (Lipinski definition) is 0. The van der Waals surface area contributed by atoms with Gasteiger partial charge in [0.2, 0.25) is 0 Å². The molecule has 2 rings (SSSR count). The zero-order valence-corrected chi connectivity index (χ0v) is 10.6. The molecule has 0 atom stereocenters. The minimum atomic E-state index is 0.995. The van der Waals surface area contributed by atoms with Crippen molar-refractivity contribution >= 4 is 0 Å². The van der Waals surface area contributed by atoms with Gasteiger partial charge >= 0.3 is 0 Å². The van der Waals surface area contributed by atoms with Crippen molar-refractivity contribution in [3.05, 3.63) is 71.3 Å². The molecule has 2 aromatic rings. The third-order valence-corrected chi connectivity index (χ3v) is 2.83. The zero-order chi connectivity index (χ0) is 12.1. The van der Waals surface area contributed by atoms with Crippen LogP contribution in [-0.2, 0) is 13.1 Å².